The lowest BCUT2D eigenvalue weighted by atomic mass is 9.92. The van der Waals surface area contributed by atoms with Gasteiger partial charge in [0.1, 0.15) is 17.3 Å². The SMILES string of the molecule is CC(C)(C)c1cc(NC(=O)Nc2ccc(OC3=CC=NC4=NC(=O)C=NC34)c3ccccc23)n(-c2ccc(Cl)cc2)n1. The van der Waals surface area contributed by atoms with Crippen molar-refractivity contribution in [3.05, 3.63) is 89.3 Å². The van der Waals surface area contributed by atoms with E-state index >= 15 is 0 Å². The summed E-state index contributed by atoms with van der Waals surface area (Å²) in [6.07, 6.45) is 4.39. The van der Waals surface area contributed by atoms with Crippen molar-refractivity contribution in [1.29, 1.82) is 0 Å². The molecule has 3 amide bonds. The monoisotopic (exact) mass is 579 g/mol. The van der Waals surface area contributed by atoms with Gasteiger partial charge in [-0.25, -0.2) is 14.5 Å². The predicted octanol–water partition coefficient (Wildman–Crippen LogP) is 6.35. The number of nitrogens with one attached hydrogen (secondary N) is 2. The fraction of sp³-hybridized carbons (Fsp3) is 0.161. The van der Waals surface area contributed by atoms with E-state index in [-0.39, 0.29) is 11.3 Å². The highest BCUT2D eigenvalue weighted by Gasteiger charge is 2.28. The van der Waals surface area contributed by atoms with Crippen LogP contribution in [-0.2, 0) is 10.2 Å². The summed E-state index contributed by atoms with van der Waals surface area (Å²) in [5.74, 6) is 1.39. The Morgan fingerprint density at radius 3 is 2.52 bits per heavy atom. The number of ether oxygens (including phenoxy) is 1. The molecule has 42 heavy (non-hydrogen) atoms. The summed E-state index contributed by atoms with van der Waals surface area (Å²) in [5, 5.41) is 12.8. The van der Waals surface area contributed by atoms with Crippen molar-refractivity contribution in [2.75, 3.05) is 10.6 Å². The van der Waals surface area contributed by atoms with E-state index in [1.54, 1.807) is 35.0 Å². The molecule has 2 aliphatic heterocycles. The lowest BCUT2D eigenvalue weighted by molar-refractivity contribution is -0.111. The summed E-state index contributed by atoms with van der Waals surface area (Å²) in [4.78, 5) is 37.3. The van der Waals surface area contributed by atoms with Gasteiger partial charge in [0.15, 0.2) is 11.9 Å². The molecule has 10 nitrogen and oxygen atoms in total. The van der Waals surface area contributed by atoms with E-state index in [1.165, 1.54) is 12.4 Å². The van der Waals surface area contributed by atoms with Crippen LogP contribution in [0.5, 0.6) is 5.75 Å². The number of aromatic nitrogens is 2. The first-order valence-electron chi connectivity index (χ1n) is 13.2. The maximum Gasteiger partial charge on any atom is 0.324 e. The molecular weight excluding hydrogens is 554 g/mol. The van der Waals surface area contributed by atoms with Gasteiger partial charge in [-0.15, -0.1) is 0 Å². The van der Waals surface area contributed by atoms with Crippen molar-refractivity contribution < 1.29 is 14.3 Å². The normalized spacial score (nSPS) is 16.1. The van der Waals surface area contributed by atoms with Crippen LogP contribution in [0.15, 0.2) is 93.5 Å². The smallest absolute Gasteiger partial charge is 0.324 e. The summed E-state index contributed by atoms with van der Waals surface area (Å²) in [5.41, 5.74) is 1.94. The number of urea groups is 1. The molecule has 0 saturated heterocycles. The number of carbonyl (C=O) groups is 2. The molecule has 1 unspecified atom stereocenters. The molecule has 0 radical (unpaired) electrons. The quantitative estimate of drug-likeness (QED) is 0.286. The lowest BCUT2D eigenvalue weighted by Gasteiger charge is -2.21. The Bertz CT molecular complexity index is 1850. The number of halogens is 1. The molecule has 210 valence electrons. The maximum atomic E-state index is 13.3. The van der Waals surface area contributed by atoms with Crippen LogP contribution < -0.4 is 15.4 Å². The highest BCUT2D eigenvalue weighted by atomic mass is 35.5. The number of aliphatic imine (C=N–C) groups is 3. The van der Waals surface area contributed by atoms with E-state index in [0.29, 0.717) is 28.0 Å². The molecule has 3 aromatic carbocycles. The minimum Gasteiger partial charge on any atom is -0.458 e. The molecule has 3 heterocycles. The summed E-state index contributed by atoms with van der Waals surface area (Å²) in [6.45, 7) is 6.18. The van der Waals surface area contributed by atoms with Gasteiger partial charge in [0.25, 0.3) is 5.91 Å². The first-order chi connectivity index (χ1) is 20.2. The van der Waals surface area contributed by atoms with Crippen LogP contribution in [0.4, 0.5) is 16.3 Å². The number of fused-ring (bicyclic) bond motifs is 2. The minimum absolute atomic E-state index is 0.235. The summed E-state index contributed by atoms with van der Waals surface area (Å²) in [7, 11) is 0. The second-order valence-electron chi connectivity index (χ2n) is 10.7. The summed E-state index contributed by atoms with van der Waals surface area (Å²) >= 11 is 6.09. The van der Waals surface area contributed by atoms with Gasteiger partial charge < -0.3 is 10.1 Å². The van der Waals surface area contributed by atoms with Gasteiger partial charge in [-0.05, 0) is 42.5 Å². The fourth-order valence-electron chi connectivity index (χ4n) is 4.56. The van der Waals surface area contributed by atoms with Gasteiger partial charge in [-0.1, -0.05) is 56.6 Å². The van der Waals surface area contributed by atoms with Crippen molar-refractivity contribution in [2.24, 2.45) is 15.0 Å². The van der Waals surface area contributed by atoms with Crippen LogP contribution in [0.1, 0.15) is 26.5 Å². The van der Waals surface area contributed by atoms with Crippen molar-refractivity contribution in [2.45, 2.75) is 32.2 Å². The molecule has 2 N–H and O–H groups in total. The third-order valence-corrected chi connectivity index (χ3v) is 6.92. The Morgan fingerprint density at radius 1 is 1.00 bits per heavy atom. The Morgan fingerprint density at radius 2 is 1.76 bits per heavy atom. The van der Waals surface area contributed by atoms with Gasteiger partial charge in [-0.3, -0.25) is 15.1 Å². The Kier molecular flexibility index (Phi) is 6.91. The van der Waals surface area contributed by atoms with E-state index < -0.39 is 18.0 Å². The maximum absolute atomic E-state index is 13.3. The topological polar surface area (TPSA) is 122 Å². The molecule has 1 atom stereocenters. The van der Waals surface area contributed by atoms with E-state index in [1.807, 2.05) is 42.5 Å². The molecule has 11 heteroatoms. The molecule has 0 bridgehead atoms. The van der Waals surface area contributed by atoms with Crippen LogP contribution in [0.3, 0.4) is 0 Å². The Balaban J connectivity index is 1.27. The molecule has 0 saturated carbocycles. The van der Waals surface area contributed by atoms with Crippen LogP contribution in [0.2, 0.25) is 5.02 Å². The van der Waals surface area contributed by atoms with E-state index in [0.717, 1.165) is 22.2 Å². The first-order valence-corrected chi connectivity index (χ1v) is 13.6. The third-order valence-electron chi connectivity index (χ3n) is 6.67. The minimum atomic E-state index is -0.599. The van der Waals surface area contributed by atoms with Gasteiger partial charge >= 0.3 is 6.03 Å². The average Bonchev–Trinajstić information content (AvgIpc) is 3.39. The van der Waals surface area contributed by atoms with Crippen LogP contribution in [0.25, 0.3) is 16.5 Å². The number of hydrogen-bond acceptors (Lipinski definition) is 6. The molecule has 6 rings (SSSR count). The number of allylic oxidation sites excluding steroid dienone is 1. The molecule has 0 aliphatic carbocycles. The standard InChI is InChI=1S/C31H26ClN7O3/c1-31(2,3)25-16-26(39(38-25)19-10-8-18(32)9-11-19)36-30(41)35-22-12-13-23(21-7-5-4-6-20(21)22)42-24-14-15-33-29-28(24)34-17-27(40)37-29/h4-17,28H,1-3H3,(H2,35,36,41). The summed E-state index contributed by atoms with van der Waals surface area (Å²) < 4.78 is 7.94. The Labute approximate surface area is 246 Å². The number of hydrogen-bond donors (Lipinski definition) is 2. The van der Waals surface area contributed by atoms with Gasteiger partial charge in [0, 0.05) is 33.5 Å². The number of benzene rings is 3. The summed E-state index contributed by atoms with van der Waals surface area (Å²) in [6, 6.07) is 19.2. The number of rotatable bonds is 5. The van der Waals surface area contributed by atoms with Gasteiger partial charge in [-0.2, -0.15) is 10.1 Å². The van der Waals surface area contributed by atoms with Crippen molar-refractivity contribution in [1.82, 2.24) is 9.78 Å². The van der Waals surface area contributed by atoms with Gasteiger partial charge in [0.05, 0.1) is 23.3 Å². The largest absolute Gasteiger partial charge is 0.458 e. The number of amidine groups is 1. The third kappa shape index (κ3) is 5.44. The van der Waals surface area contributed by atoms with E-state index in [9.17, 15) is 9.59 Å². The second kappa shape index (κ2) is 10.7. The molecule has 0 spiro atoms. The molecule has 0 fully saturated rings. The number of amides is 3. The number of nitrogens with zero attached hydrogens (tertiary/aromatic N) is 5. The lowest BCUT2D eigenvalue weighted by Crippen LogP contribution is -2.30. The molecule has 2 aliphatic rings. The van der Waals surface area contributed by atoms with Crippen molar-refractivity contribution >= 4 is 64.1 Å². The number of carbonyl (C=O) groups excluding carboxylic acids is 2. The van der Waals surface area contributed by atoms with E-state index in [2.05, 4.69) is 46.4 Å². The molecule has 4 aromatic rings. The zero-order chi connectivity index (χ0) is 29.4. The highest BCUT2D eigenvalue weighted by Crippen LogP contribution is 2.34. The van der Waals surface area contributed by atoms with Crippen molar-refractivity contribution in [3.63, 3.8) is 0 Å². The first kappa shape index (κ1) is 27.1. The molecule has 1 aromatic heterocycles. The van der Waals surface area contributed by atoms with Crippen LogP contribution in [-0.4, -0.2) is 46.0 Å². The second-order valence-corrected chi connectivity index (χ2v) is 11.2. The number of dihydropyridines is 1. The zero-order valence-electron chi connectivity index (χ0n) is 23.0. The zero-order valence-corrected chi connectivity index (χ0v) is 23.8. The fourth-order valence-corrected chi connectivity index (χ4v) is 4.68. The van der Waals surface area contributed by atoms with Crippen LogP contribution >= 0.6 is 11.6 Å². The highest BCUT2D eigenvalue weighted by molar-refractivity contribution is 6.32. The van der Waals surface area contributed by atoms with Crippen molar-refractivity contribution in [3.8, 4) is 11.4 Å². The van der Waals surface area contributed by atoms with Crippen LogP contribution in [0, 0.1) is 0 Å². The van der Waals surface area contributed by atoms with E-state index in [4.69, 9.17) is 21.4 Å². The predicted molar refractivity (Wildman–Crippen MR) is 166 cm³/mol. The molecular formula is C31H26ClN7O3. The van der Waals surface area contributed by atoms with Gasteiger partial charge in [0.2, 0.25) is 0 Å². The average molecular weight is 580 g/mol. The number of anilines is 2. The Hall–Kier alpha value is -5.09.